The summed E-state index contributed by atoms with van der Waals surface area (Å²) < 4.78 is 4.67. The van der Waals surface area contributed by atoms with E-state index in [9.17, 15) is 9.59 Å². The fourth-order valence-electron chi connectivity index (χ4n) is 1.14. The molecule has 0 saturated carbocycles. The monoisotopic (exact) mass is 231 g/mol. The molecule has 0 radical (unpaired) electrons. The Morgan fingerprint density at radius 3 is 2.47 bits per heavy atom. The Balaban J connectivity index is 2.75. The van der Waals surface area contributed by atoms with Gasteiger partial charge in [-0.25, -0.2) is 4.79 Å². The number of benzene rings is 1. The third-order valence-electron chi connectivity index (χ3n) is 1.96. The number of carbonyl (C=O) groups is 2. The Hall–Kier alpha value is -2.28. The number of amides is 1. The second-order valence-electron chi connectivity index (χ2n) is 3.13. The van der Waals surface area contributed by atoms with Crippen LogP contribution in [0.25, 0.3) is 0 Å². The van der Waals surface area contributed by atoms with Gasteiger partial charge in [-0.2, -0.15) is 0 Å². The second-order valence-corrected chi connectivity index (χ2v) is 3.13. The molecule has 88 valence electrons. The average molecular weight is 231 g/mol. The summed E-state index contributed by atoms with van der Waals surface area (Å²) in [7, 11) is 1.57. The predicted octanol–water partition coefficient (Wildman–Crippen LogP) is 0.961. The normalized spacial score (nSPS) is 8.82. The zero-order chi connectivity index (χ0) is 12.7. The maximum atomic E-state index is 11.3. The van der Waals surface area contributed by atoms with Crippen molar-refractivity contribution in [2.24, 2.45) is 0 Å². The van der Waals surface area contributed by atoms with Crippen LogP contribution in [0.2, 0.25) is 0 Å². The third kappa shape index (κ3) is 3.99. The summed E-state index contributed by atoms with van der Waals surface area (Å²) >= 11 is 0. The molecule has 0 fully saturated rings. The molecular formula is C13H13NO3. The summed E-state index contributed by atoms with van der Waals surface area (Å²) in [5.74, 6) is 4.30. The minimum Gasteiger partial charge on any atom is -0.456 e. The minimum atomic E-state index is -0.553. The minimum absolute atomic E-state index is 0.157. The lowest BCUT2D eigenvalue weighted by Gasteiger charge is -1.98. The molecule has 1 rings (SSSR count). The second kappa shape index (κ2) is 6.33. The van der Waals surface area contributed by atoms with Crippen LogP contribution in [0.5, 0.6) is 0 Å². The van der Waals surface area contributed by atoms with Crippen molar-refractivity contribution in [3.63, 3.8) is 0 Å². The molecule has 0 unspecified atom stereocenters. The van der Waals surface area contributed by atoms with Crippen molar-refractivity contribution < 1.29 is 14.3 Å². The molecule has 4 nitrogen and oxygen atoms in total. The van der Waals surface area contributed by atoms with E-state index >= 15 is 0 Å². The molecule has 1 N–H and O–H groups in total. The van der Waals surface area contributed by atoms with Crippen LogP contribution >= 0.6 is 0 Å². The molecule has 1 aromatic carbocycles. The molecular weight excluding hydrogens is 218 g/mol. The van der Waals surface area contributed by atoms with Crippen LogP contribution in [0, 0.1) is 11.8 Å². The van der Waals surface area contributed by atoms with Crippen molar-refractivity contribution in [2.75, 3.05) is 13.7 Å². The highest BCUT2D eigenvalue weighted by molar-refractivity contribution is 5.94. The summed E-state index contributed by atoms with van der Waals surface area (Å²) in [5.41, 5.74) is 1.21. The van der Waals surface area contributed by atoms with E-state index in [1.54, 1.807) is 38.2 Å². The number of carbonyl (C=O) groups excluding carboxylic acids is 2. The van der Waals surface area contributed by atoms with E-state index in [4.69, 9.17) is 0 Å². The van der Waals surface area contributed by atoms with Crippen molar-refractivity contribution in [2.45, 2.75) is 6.92 Å². The maximum absolute atomic E-state index is 11.3. The molecule has 0 aliphatic carbocycles. The van der Waals surface area contributed by atoms with Gasteiger partial charge in [0.15, 0.2) is 0 Å². The van der Waals surface area contributed by atoms with Gasteiger partial charge in [-0.05, 0) is 31.2 Å². The first-order chi connectivity index (χ1) is 8.17. The number of hydrogen-bond acceptors (Lipinski definition) is 3. The van der Waals surface area contributed by atoms with E-state index in [1.807, 2.05) is 0 Å². The highest BCUT2D eigenvalue weighted by Gasteiger charge is 2.01. The van der Waals surface area contributed by atoms with Crippen molar-refractivity contribution in [1.82, 2.24) is 5.32 Å². The van der Waals surface area contributed by atoms with Crippen LogP contribution in [-0.4, -0.2) is 25.5 Å². The van der Waals surface area contributed by atoms with Crippen LogP contribution in [-0.2, 0) is 9.53 Å². The zero-order valence-electron chi connectivity index (χ0n) is 9.74. The van der Waals surface area contributed by atoms with Crippen molar-refractivity contribution in [1.29, 1.82) is 0 Å². The van der Waals surface area contributed by atoms with Gasteiger partial charge in [-0.15, -0.1) is 0 Å². The summed E-state index contributed by atoms with van der Waals surface area (Å²) in [6, 6.07) is 6.65. The van der Waals surface area contributed by atoms with Gasteiger partial charge in [0.05, 0.1) is 6.61 Å². The smallest absolute Gasteiger partial charge is 0.384 e. The third-order valence-corrected chi connectivity index (χ3v) is 1.96. The summed E-state index contributed by atoms with van der Waals surface area (Å²) in [6.07, 6.45) is 0. The Kier molecular flexibility index (Phi) is 4.77. The Morgan fingerprint density at radius 2 is 1.94 bits per heavy atom. The lowest BCUT2D eigenvalue weighted by atomic mass is 10.1. The number of esters is 1. The topological polar surface area (TPSA) is 55.4 Å². The highest BCUT2D eigenvalue weighted by atomic mass is 16.5. The first kappa shape index (κ1) is 12.8. The fourth-order valence-corrected chi connectivity index (χ4v) is 1.14. The van der Waals surface area contributed by atoms with Crippen LogP contribution in [0.4, 0.5) is 0 Å². The lowest BCUT2D eigenvalue weighted by Crippen LogP contribution is -2.17. The van der Waals surface area contributed by atoms with Crippen LogP contribution in [0.15, 0.2) is 24.3 Å². The largest absolute Gasteiger partial charge is 0.456 e. The van der Waals surface area contributed by atoms with E-state index in [1.165, 1.54) is 0 Å². The van der Waals surface area contributed by atoms with Crippen molar-refractivity contribution in [3.8, 4) is 11.8 Å². The van der Waals surface area contributed by atoms with E-state index in [0.29, 0.717) is 17.7 Å². The molecule has 0 saturated heterocycles. The first-order valence-corrected chi connectivity index (χ1v) is 5.18. The van der Waals surface area contributed by atoms with Gasteiger partial charge >= 0.3 is 5.97 Å². The number of rotatable bonds is 2. The molecule has 1 amide bonds. The van der Waals surface area contributed by atoms with Crippen LogP contribution in [0.1, 0.15) is 22.8 Å². The van der Waals surface area contributed by atoms with Gasteiger partial charge < -0.3 is 10.1 Å². The number of nitrogens with one attached hydrogen (secondary N) is 1. The first-order valence-electron chi connectivity index (χ1n) is 5.18. The number of hydrogen-bond donors (Lipinski definition) is 1. The van der Waals surface area contributed by atoms with Gasteiger partial charge in [0.25, 0.3) is 5.91 Å². The van der Waals surface area contributed by atoms with Gasteiger partial charge in [0.1, 0.15) is 0 Å². The zero-order valence-corrected chi connectivity index (χ0v) is 9.74. The van der Waals surface area contributed by atoms with Gasteiger partial charge in [0.2, 0.25) is 0 Å². The van der Waals surface area contributed by atoms with E-state index in [-0.39, 0.29) is 5.91 Å². The molecule has 0 spiro atoms. The molecule has 17 heavy (non-hydrogen) atoms. The van der Waals surface area contributed by atoms with E-state index in [2.05, 4.69) is 21.9 Å². The Morgan fingerprint density at radius 1 is 1.29 bits per heavy atom. The number of ether oxygens (including phenoxy) is 1. The predicted molar refractivity (Wildman–Crippen MR) is 63.3 cm³/mol. The lowest BCUT2D eigenvalue weighted by molar-refractivity contribution is -0.136. The quantitative estimate of drug-likeness (QED) is 0.609. The van der Waals surface area contributed by atoms with Gasteiger partial charge in [-0.3, -0.25) is 4.79 Å². The molecule has 0 aromatic heterocycles. The van der Waals surface area contributed by atoms with E-state index < -0.39 is 5.97 Å². The van der Waals surface area contributed by atoms with Crippen molar-refractivity contribution >= 4 is 11.9 Å². The Bertz CT molecular complexity index is 466. The molecule has 4 heteroatoms. The molecule has 0 bridgehead atoms. The summed E-state index contributed by atoms with van der Waals surface area (Å²) in [6.45, 7) is 2.03. The van der Waals surface area contributed by atoms with Crippen molar-refractivity contribution in [3.05, 3.63) is 35.4 Å². The Labute approximate surface area is 100.0 Å². The van der Waals surface area contributed by atoms with Gasteiger partial charge in [-0.1, -0.05) is 5.92 Å². The maximum Gasteiger partial charge on any atom is 0.384 e. The van der Waals surface area contributed by atoms with Gasteiger partial charge in [0, 0.05) is 24.1 Å². The van der Waals surface area contributed by atoms with Crippen LogP contribution in [0.3, 0.4) is 0 Å². The van der Waals surface area contributed by atoms with Crippen LogP contribution < -0.4 is 5.32 Å². The SMILES string of the molecule is CCOC(=O)C#Cc1ccc(C(=O)NC)cc1. The molecule has 0 aliphatic heterocycles. The average Bonchev–Trinajstić information content (AvgIpc) is 2.36. The summed E-state index contributed by atoms with van der Waals surface area (Å²) in [4.78, 5) is 22.2. The highest BCUT2D eigenvalue weighted by Crippen LogP contribution is 2.02. The molecule has 0 heterocycles. The fraction of sp³-hybridized carbons (Fsp3) is 0.231. The standard InChI is InChI=1S/C13H13NO3/c1-3-17-12(15)9-6-10-4-7-11(8-5-10)13(16)14-2/h4-5,7-8H,3H2,1-2H3,(H,14,16). The van der Waals surface area contributed by atoms with E-state index in [0.717, 1.165) is 0 Å². The molecule has 1 aromatic rings. The molecule has 0 aliphatic rings. The molecule has 0 atom stereocenters. The summed E-state index contributed by atoms with van der Waals surface area (Å²) in [5, 5.41) is 2.52.